The molecule has 0 bridgehead atoms. The first-order chi connectivity index (χ1) is 7.29. The highest BCUT2D eigenvalue weighted by Gasteiger charge is 2.39. The molecular formula is C10H16O6. The predicted molar refractivity (Wildman–Crippen MR) is 52.6 cm³/mol. The summed E-state index contributed by atoms with van der Waals surface area (Å²) >= 11 is 0. The highest BCUT2D eigenvalue weighted by atomic mass is 16.7. The maximum Gasteiger partial charge on any atom is 0.302 e. The molecule has 6 heteroatoms. The molecule has 0 amide bonds. The molecule has 1 saturated heterocycles. The maximum absolute atomic E-state index is 11.6. The van der Waals surface area contributed by atoms with E-state index in [1.165, 1.54) is 20.8 Å². The number of ketones is 1. The molecule has 92 valence electrons. The van der Waals surface area contributed by atoms with Gasteiger partial charge in [0.2, 0.25) is 0 Å². The molecule has 1 N–H and O–H groups in total. The fourth-order valence-electron chi connectivity index (χ4n) is 1.34. The van der Waals surface area contributed by atoms with Gasteiger partial charge in [0.15, 0.2) is 17.7 Å². The number of ether oxygens (including phenoxy) is 3. The summed E-state index contributed by atoms with van der Waals surface area (Å²) in [5.74, 6) is -2.17. The summed E-state index contributed by atoms with van der Waals surface area (Å²) in [5, 5.41) is 9.38. The Hall–Kier alpha value is -0.980. The predicted octanol–water partition coefficient (Wildman–Crippen LogP) is -0.369. The monoisotopic (exact) mass is 232 g/mol. The molecule has 1 rings (SSSR count). The summed E-state index contributed by atoms with van der Waals surface area (Å²) in [7, 11) is 0. The van der Waals surface area contributed by atoms with Gasteiger partial charge in [0.25, 0.3) is 0 Å². The van der Waals surface area contributed by atoms with Crippen molar-refractivity contribution in [3.63, 3.8) is 0 Å². The lowest BCUT2D eigenvalue weighted by Gasteiger charge is -2.21. The van der Waals surface area contributed by atoms with Gasteiger partial charge in [-0.3, -0.25) is 9.59 Å². The molecule has 0 aromatic carbocycles. The fourth-order valence-corrected chi connectivity index (χ4v) is 1.34. The molecule has 1 heterocycles. The van der Waals surface area contributed by atoms with Crippen LogP contribution < -0.4 is 0 Å². The average molecular weight is 232 g/mol. The molecule has 0 aromatic rings. The average Bonchev–Trinajstić information content (AvgIpc) is 2.43. The van der Waals surface area contributed by atoms with Gasteiger partial charge in [0, 0.05) is 6.92 Å². The molecule has 0 aliphatic carbocycles. The van der Waals surface area contributed by atoms with Crippen LogP contribution in [-0.4, -0.2) is 48.1 Å². The first kappa shape index (κ1) is 13.1. The van der Waals surface area contributed by atoms with Crippen molar-refractivity contribution >= 4 is 11.8 Å². The number of Topliss-reactive ketones (excluding diaryl/α,β-unsaturated/α-hetero) is 1. The van der Waals surface area contributed by atoms with Crippen molar-refractivity contribution in [2.75, 3.05) is 13.2 Å². The fraction of sp³-hybridized carbons (Fsp3) is 0.800. The van der Waals surface area contributed by atoms with E-state index in [0.717, 1.165) is 0 Å². The third kappa shape index (κ3) is 3.88. The Morgan fingerprint density at radius 1 is 1.62 bits per heavy atom. The van der Waals surface area contributed by atoms with Gasteiger partial charge >= 0.3 is 5.97 Å². The summed E-state index contributed by atoms with van der Waals surface area (Å²) in [4.78, 5) is 22.2. The SMILES string of the molecule is CC(=O)OC[C@H]1OCC(OC(C)(C)O)C1=O. The van der Waals surface area contributed by atoms with Gasteiger partial charge in [-0.1, -0.05) is 0 Å². The van der Waals surface area contributed by atoms with Crippen molar-refractivity contribution in [2.24, 2.45) is 0 Å². The lowest BCUT2D eigenvalue weighted by atomic mass is 10.2. The molecular weight excluding hydrogens is 216 g/mol. The van der Waals surface area contributed by atoms with Crippen LogP contribution in [0.4, 0.5) is 0 Å². The van der Waals surface area contributed by atoms with Crippen LogP contribution in [0, 0.1) is 0 Å². The Kier molecular flexibility index (Phi) is 4.01. The van der Waals surface area contributed by atoms with Crippen molar-refractivity contribution in [1.29, 1.82) is 0 Å². The first-order valence-electron chi connectivity index (χ1n) is 4.98. The third-order valence-corrected chi connectivity index (χ3v) is 1.95. The Labute approximate surface area is 93.5 Å². The molecule has 0 radical (unpaired) electrons. The second kappa shape index (κ2) is 4.90. The van der Waals surface area contributed by atoms with Gasteiger partial charge in [-0.25, -0.2) is 0 Å². The van der Waals surface area contributed by atoms with Crippen molar-refractivity contribution in [3.05, 3.63) is 0 Å². The largest absolute Gasteiger partial charge is 0.463 e. The molecule has 1 fully saturated rings. The van der Waals surface area contributed by atoms with Crippen LogP contribution in [0.1, 0.15) is 20.8 Å². The quantitative estimate of drug-likeness (QED) is 0.526. The normalized spacial score (nSPS) is 25.9. The molecule has 0 saturated carbocycles. The molecule has 1 unspecified atom stereocenters. The van der Waals surface area contributed by atoms with Crippen LogP contribution in [-0.2, 0) is 23.8 Å². The van der Waals surface area contributed by atoms with Crippen LogP contribution >= 0.6 is 0 Å². The Morgan fingerprint density at radius 3 is 2.75 bits per heavy atom. The van der Waals surface area contributed by atoms with E-state index in [0.29, 0.717) is 0 Å². The lowest BCUT2D eigenvalue weighted by Crippen LogP contribution is -2.37. The topological polar surface area (TPSA) is 82.1 Å². The van der Waals surface area contributed by atoms with Gasteiger partial charge in [-0.15, -0.1) is 0 Å². The van der Waals surface area contributed by atoms with Gasteiger partial charge in [-0.05, 0) is 13.8 Å². The van der Waals surface area contributed by atoms with Gasteiger partial charge < -0.3 is 19.3 Å². The molecule has 6 nitrogen and oxygen atoms in total. The van der Waals surface area contributed by atoms with Crippen LogP contribution in [0.5, 0.6) is 0 Å². The summed E-state index contributed by atoms with van der Waals surface area (Å²) in [6, 6.07) is 0. The zero-order valence-electron chi connectivity index (χ0n) is 9.56. The minimum absolute atomic E-state index is 0.0642. The van der Waals surface area contributed by atoms with Crippen molar-refractivity contribution in [1.82, 2.24) is 0 Å². The molecule has 16 heavy (non-hydrogen) atoms. The van der Waals surface area contributed by atoms with Crippen LogP contribution in [0.15, 0.2) is 0 Å². The zero-order chi connectivity index (χ0) is 12.3. The van der Waals surface area contributed by atoms with Gasteiger partial charge in [-0.2, -0.15) is 0 Å². The maximum atomic E-state index is 11.6. The summed E-state index contributed by atoms with van der Waals surface area (Å²) < 4.78 is 14.9. The van der Waals surface area contributed by atoms with E-state index in [9.17, 15) is 14.7 Å². The minimum atomic E-state index is -1.39. The van der Waals surface area contributed by atoms with Crippen LogP contribution in [0.25, 0.3) is 0 Å². The van der Waals surface area contributed by atoms with Crippen molar-refractivity contribution in [2.45, 2.75) is 38.8 Å². The number of carbonyl (C=O) groups excluding carboxylic acids is 2. The van der Waals surface area contributed by atoms with Crippen LogP contribution in [0.2, 0.25) is 0 Å². The van der Waals surface area contributed by atoms with E-state index in [1.807, 2.05) is 0 Å². The Morgan fingerprint density at radius 2 is 2.25 bits per heavy atom. The molecule has 0 spiro atoms. The van der Waals surface area contributed by atoms with E-state index >= 15 is 0 Å². The first-order valence-corrected chi connectivity index (χ1v) is 4.98. The number of carbonyl (C=O) groups is 2. The van der Waals surface area contributed by atoms with Gasteiger partial charge in [0.05, 0.1) is 6.61 Å². The van der Waals surface area contributed by atoms with E-state index in [-0.39, 0.29) is 19.0 Å². The number of rotatable bonds is 4. The van der Waals surface area contributed by atoms with E-state index < -0.39 is 24.0 Å². The highest BCUT2D eigenvalue weighted by molar-refractivity contribution is 5.89. The highest BCUT2D eigenvalue weighted by Crippen LogP contribution is 2.18. The molecule has 1 aliphatic heterocycles. The molecule has 0 aromatic heterocycles. The van der Waals surface area contributed by atoms with Crippen molar-refractivity contribution < 1.29 is 28.9 Å². The van der Waals surface area contributed by atoms with E-state index in [4.69, 9.17) is 9.47 Å². The van der Waals surface area contributed by atoms with E-state index in [2.05, 4.69) is 4.74 Å². The zero-order valence-corrected chi connectivity index (χ0v) is 9.56. The summed E-state index contributed by atoms with van der Waals surface area (Å²) in [6.07, 6.45) is -1.60. The standard InChI is InChI=1S/C10H16O6/c1-6(11)14-4-7-9(12)8(5-15-7)16-10(2,3)13/h7-8,13H,4-5H2,1-3H3/t7-,8?/m1/s1. The molecule has 2 atom stereocenters. The number of hydrogen-bond donors (Lipinski definition) is 1. The Bertz CT molecular complexity index is 280. The summed E-state index contributed by atoms with van der Waals surface area (Å²) in [5.41, 5.74) is 0. The minimum Gasteiger partial charge on any atom is -0.463 e. The van der Waals surface area contributed by atoms with Crippen molar-refractivity contribution in [3.8, 4) is 0 Å². The van der Waals surface area contributed by atoms with Gasteiger partial charge in [0.1, 0.15) is 12.7 Å². The lowest BCUT2D eigenvalue weighted by molar-refractivity contribution is -0.204. The number of aliphatic hydroxyl groups is 1. The van der Waals surface area contributed by atoms with Crippen LogP contribution in [0.3, 0.4) is 0 Å². The summed E-state index contributed by atoms with van der Waals surface area (Å²) in [6.45, 7) is 4.07. The second-order valence-electron chi connectivity index (χ2n) is 4.08. The number of hydrogen-bond acceptors (Lipinski definition) is 6. The smallest absolute Gasteiger partial charge is 0.302 e. The Balaban J connectivity index is 2.44. The third-order valence-electron chi connectivity index (χ3n) is 1.95. The number of esters is 1. The van der Waals surface area contributed by atoms with E-state index in [1.54, 1.807) is 0 Å². The second-order valence-corrected chi connectivity index (χ2v) is 4.08. The molecule has 1 aliphatic rings.